The van der Waals surface area contributed by atoms with Crippen LogP contribution in [-0.4, -0.2) is 11.6 Å². The lowest BCUT2D eigenvalue weighted by molar-refractivity contribution is -0.147. The summed E-state index contributed by atoms with van der Waals surface area (Å²) in [5.74, 6) is -0.485. The molecule has 3 rings (SSSR count). The van der Waals surface area contributed by atoms with E-state index in [1.807, 2.05) is 31.2 Å². The average Bonchev–Trinajstić information content (AvgIpc) is 2.83. The van der Waals surface area contributed by atoms with Crippen molar-refractivity contribution in [2.24, 2.45) is 0 Å². The second-order valence-electron chi connectivity index (χ2n) is 8.91. The number of aryl methyl sites for hydroxylation is 1. The fourth-order valence-electron chi connectivity index (χ4n) is 4.08. The topological polar surface area (TPSA) is 26.3 Å². The highest BCUT2D eigenvalue weighted by atomic mass is 19.1. The highest BCUT2D eigenvalue weighted by molar-refractivity contribution is 5.84. The van der Waals surface area contributed by atoms with Crippen LogP contribution in [0.1, 0.15) is 64.9 Å². The maximum atomic E-state index is 14.4. The number of carbonyl (C=O) groups is 1. The van der Waals surface area contributed by atoms with Crippen LogP contribution in [0.4, 0.5) is 4.39 Å². The van der Waals surface area contributed by atoms with Crippen LogP contribution in [0.5, 0.6) is 5.75 Å². The first-order valence-corrected chi connectivity index (χ1v) is 12.1. The van der Waals surface area contributed by atoms with E-state index in [2.05, 4.69) is 43.3 Å². The molecular weight excluding hydrogens is 411 g/mol. The van der Waals surface area contributed by atoms with Crippen molar-refractivity contribution >= 4 is 5.97 Å². The van der Waals surface area contributed by atoms with E-state index in [0.717, 1.165) is 23.1 Å². The van der Waals surface area contributed by atoms with E-state index >= 15 is 0 Å². The summed E-state index contributed by atoms with van der Waals surface area (Å²) in [5, 5.41) is 0. The van der Waals surface area contributed by atoms with Gasteiger partial charge in [0.25, 0.3) is 0 Å². The SMILES string of the molecule is CCCCCCc1ccc(-c2ccccc2-c2ccc(OC(=O)C(C)(F)CCC)cc2)cc1. The lowest BCUT2D eigenvalue weighted by Crippen LogP contribution is -2.34. The van der Waals surface area contributed by atoms with Crippen LogP contribution in [-0.2, 0) is 11.2 Å². The zero-order chi connectivity index (χ0) is 23.7. The zero-order valence-electron chi connectivity index (χ0n) is 20.1. The van der Waals surface area contributed by atoms with Gasteiger partial charge in [0.15, 0.2) is 0 Å². The Bertz CT molecular complexity index is 1020. The first-order chi connectivity index (χ1) is 15.9. The highest BCUT2D eigenvalue weighted by Gasteiger charge is 2.34. The Morgan fingerprint density at radius 1 is 0.788 bits per heavy atom. The molecule has 1 atom stereocenters. The Morgan fingerprint density at radius 2 is 1.36 bits per heavy atom. The van der Waals surface area contributed by atoms with Gasteiger partial charge in [-0.3, -0.25) is 0 Å². The van der Waals surface area contributed by atoms with Crippen molar-refractivity contribution in [2.45, 2.75) is 71.4 Å². The molecule has 3 aromatic rings. The fraction of sp³-hybridized carbons (Fsp3) is 0.367. The molecule has 1 unspecified atom stereocenters. The maximum Gasteiger partial charge on any atom is 0.348 e. The summed E-state index contributed by atoms with van der Waals surface area (Å²) in [7, 11) is 0. The molecule has 0 amide bonds. The molecule has 2 nitrogen and oxygen atoms in total. The Kier molecular flexibility index (Phi) is 8.82. The molecule has 0 heterocycles. The quantitative estimate of drug-likeness (QED) is 0.167. The number of hydrogen-bond donors (Lipinski definition) is 0. The van der Waals surface area contributed by atoms with Gasteiger partial charge in [-0.1, -0.05) is 100 Å². The minimum Gasteiger partial charge on any atom is -0.424 e. The number of benzene rings is 3. The second-order valence-corrected chi connectivity index (χ2v) is 8.91. The van der Waals surface area contributed by atoms with Crippen molar-refractivity contribution in [1.82, 2.24) is 0 Å². The normalized spacial score (nSPS) is 12.8. The number of alkyl halides is 1. The number of hydrogen-bond acceptors (Lipinski definition) is 2. The van der Waals surface area contributed by atoms with E-state index < -0.39 is 11.6 Å². The number of unbranched alkanes of at least 4 members (excludes halogenated alkanes) is 3. The van der Waals surface area contributed by atoms with Gasteiger partial charge in [0.2, 0.25) is 5.67 Å². The molecule has 0 aliphatic heterocycles. The van der Waals surface area contributed by atoms with E-state index in [0.29, 0.717) is 12.2 Å². The average molecular weight is 447 g/mol. The summed E-state index contributed by atoms with van der Waals surface area (Å²) >= 11 is 0. The molecule has 3 heteroatoms. The van der Waals surface area contributed by atoms with Gasteiger partial charge in [0, 0.05) is 0 Å². The lowest BCUT2D eigenvalue weighted by Gasteiger charge is -2.17. The molecule has 0 N–H and O–H groups in total. The van der Waals surface area contributed by atoms with Gasteiger partial charge in [-0.05, 0) is 66.1 Å². The van der Waals surface area contributed by atoms with Gasteiger partial charge in [-0.2, -0.15) is 0 Å². The molecule has 0 saturated heterocycles. The monoisotopic (exact) mass is 446 g/mol. The number of halogens is 1. The van der Waals surface area contributed by atoms with E-state index in [1.165, 1.54) is 43.7 Å². The Balaban J connectivity index is 1.74. The van der Waals surface area contributed by atoms with Crippen molar-refractivity contribution in [3.63, 3.8) is 0 Å². The van der Waals surface area contributed by atoms with Crippen LogP contribution < -0.4 is 4.74 Å². The molecule has 0 aliphatic carbocycles. The number of carbonyl (C=O) groups excluding carboxylic acids is 1. The maximum absolute atomic E-state index is 14.4. The van der Waals surface area contributed by atoms with E-state index in [-0.39, 0.29) is 6.42 Å². The number of rotatable bonds is 11. The smallest absolute Gasteiger partial charge is 0.348 e. The first-order valence-electron chi connectivity index (χ1n) is 12.1. The predicted molar refractivity (Wildman–Crippen MR) is 135 cm³/mol. The lowest BCUT2D eigenvalue weighted by atomic mass is 9.93. The summed E-state index contributed by atoms with van der Waals surface area (Å²) in [5.41, 5.74) is 3.85. The van der Waals surface area contributed by atoms with Gasteiger partial charge >= 0.3 is 5.97 Å². The van der Waals surface area contributed by atoms with Gasteiger partial charge < -0.3 is 4.74 Å². The minimum atomic E-state index is -1.97. The Hall–Kier alpha value is -2.94. The first kappa shape index (κ1) is 24.7. The molecular formula is C30H35FO2. The van der Waals surface area contributed by atoms with Crippen molar-refractivity contribution in [3.8, 4) is 28.0 Å². The van der Waals surface area contributed by atoms with Crippen molar-refractivity contribution in [1.29, 1.82) is 0 Å². The van der Waals surface area contributed by atoms with Crippen LogP contribution in [0.3, 0.4) is 0 Å². The Morgan fingerprint density at radius 3 is 1.91 bits per heavy atom. The standard InChI is InChI=1S/C30H35FO2/c1-4-6-7-8-11-23-14-16-24(17-15-23)27-12-9-10-13-28(27)25-18-20-26(21-19-25)33-29(32)30(3,31)22-5-2/h9-10,12-21H,4-8,11,22H2,1-3H3. The van der Waals surface area contributed by atoms with Gasteiger partial charge in [0.1, 0.15) is 5.75 Å². The summed E-state index contributed by atoms with van der Waals surface area (Å²) in [6, 6.07) is 24.4. The summed E-state index contributed by atoms with van der Waals surface area (Å²) in [6.07, 6.45) is 6.93. The number of ether oxygens (including phenoxy) is 1. The van der Waals surface area contributed by atoms with Crippen molar-refractivity contribution in [2.75, 3.05) is 0 Å². The molecule has 0 spiro atoms. The van der Waals surface area contributed by atoms with Crippen molar-refractivity contribution in [3.05, 3.63) is 78.4 Å². The second kappa shape index (κ2) is 11.8. The number of esters is 1. The van der Waals surface area contributed by atoms with Gasteiger partial charge in [-0.25, -0.2) is 9.18 Å². The van der Waals surface area contributed by atoms with Crippen LogP contribution in [0.15, 0.2) is 72.8 Å². The third-order valence-electron chi connectivity index (χ3n) is 6.03. The predicted octanol–water partition coefficient (Wildman–Crippen LogP) is 8.58. The van der Waals surface area contributed by atoms with Gasteiger partial charge in [-0.15, -0.1) is 0 Å². The summed E-state index contributed by atoms with van der Waals surface area (Å²) < 4.78 is 19.7. The van der Waals surface area contributed by atoms with Gasteiger partial charge in [0.05, 0.1) is 0 Å². The third-order valence-corrected chi connectivity index (χ3v) is 6.03. The molecule has 33 heavy (non-hydrogen) atoms. The zero-order valence-corrected chi connectivity index (χ0v) is 20.1. The minimum absolute atomic E-state index is 0.148. The van der Waals surface area contributed by atoms with Crippen molar-refractivity contribution < 1.29 is 13.9 Å². The van der Waals surface area contributed by atoms with E-state index in [1.54, 1.807) is 12.1 Å². The third kappa shape index (κ3) is 6.77. The molecule has 174 valence electrons. The largest absolute Gasteiger partial charge is 0.424 e. The van der Waals surface area contributed by atoms with Crippen LogP contribution in [0.25, 0.3) is 22.3 Å². The van der Waals surface area contributed by atoms with E-state index in [9.17, 15) is 9.18 Å². The van der Waals surface area contributed by atoms with Crippen LogP contribution >= 0.6 is 0 Å². The molecule has 0 aromatic heterocycles. The molecule has 0 bridgehead atoms. The van der Waals surface area contributed by atoms with Crippen LogP contribution in [0.2, 0.25) is 0 Å². The summed E-state index contributed by atoms with van der Waals surface area (Å²) in [4.78, 5) is 12.1. The molecule has 0 radical (unpaired) electrons. The molecule has 0 fully saturated rings. The Labute approximate surface area is 197 Å². The molecule has 0 aliphatic rings. The summed E-state index contributed by atoms with van der Waals surface area (Å²) in [6.45, 7) is 5.36. The molecule has 3 aromatic carbocycles. The highest BCUT2D eigenvalue weighted by Crippen LogP contribution is 2.33. The van der Waals surface area contributed by atoms with E-state index in [4.69, 9.17) is 4.74 Å². The van der Waals surface area contributed by atoms with Crippen LogP contribution in [0, 0.1) is 0 Å². The molecule has 0 saturated carbocycles. The fourth-order valence-corrected chi connectivity index (χ4v) is 4.08.